The minimum absolute atomic E-state index is 0.633. The summed E-state index contributed by atoms with van der Waals surface area (Å²) in [7, 11) is 0. The van der Waals surface area contributed by atoms with E-state index in [2.05, 4.69) is 50.4 Å². The zero-order valence-corrected chi connectivity index (χ0v) is 12.9. The monoisotopic (exact) mass is 265 g/mol. The molecule has 0 aliphatic rings. The van der Waals surface area contributed by atoms with Crippen molar-refractivity contribution in [1.29, 1.82) is 0 Å². The molecule has 1 rings (SSSR count). The van der Waals surface area contributed by atoms with Gasteiger partial charge in [0, 0.05) is 4.90 Å². The van der Waals surface area contributed by atoms with E-state index < -0.39 is 0 Å². The summed E-state index contributed by atoms with van der Waals surface area (Å²) in [5.74, 6) is 1.86. The zero-order chi connectivity index (χ0) is 13.2. The van der Waals surface area contributed by atoms with E-state index in [9.17, 15) is 0 Å². The average Bonchev–Trinajstić information content (AvgIpc) is 2.38. The molecule has 1 nitrogen and oxygen atoms in total. The number of thioether (sulfide) groups is 1. The topological polar surface area (TPSA) is 12.0 Å². The Labute approximate surface area is 117 Å². The van der Waals surface area contributed by atoms with Gasteiger partial charge in [-0.25, -0.2) is 0 Å². The second-order valence-electron chi connectivity index (χ2n) is 5.03. The van der Waals surface area contributed by atoms with E-state index in [1.54, 1.807) is 0 Å². The van der Waals surface area contributed by atoms with Crippen LogP contribution in [0.5, 0.6) is 0 Å². The normalized spacial score (nSPS) is 11.1. The number of hydrogen-bond acceptors (Lipinski definition) is 2. The largest absolute Gasteiger partial charge is 0.317 e. The molecule has 0 amide bonds. The lowest BCUT2D eigenvalue weighted by molar-refractivity contribution is 0.635. The van der Waals surface area contributed by atoms with Crippen LogP contribution in [0.1, 0.15) is 51.5 Å². The summed E-state index contributed by atoms with van der Waals surface area (Å²) in [4.78, 5) is 1.40. The summed E-state index contributed by atoms with van der Waals surface area (Å²) >= 11 is 1.98. The Bertz CT molecular complexity index is 305. The highest BCUT2D eigenvalue weighted by Gasteiger charge is 1.99. The first-order chi connectivity index (χ1) is 8.74. The molecule has 0 saturated heterocycles. The standard InChI is InChI=1S/C16H27NS/c1-4-11-17-12-5-6-13-18-16-9-7-15(8-10-16)14(2)3/h7-10,14,17H,4-6,11-13H2,1-3H3. The quantitative estimate of drug-likeness (QED) is 0.514. The number of hydrogen-bond donors (Lipinski definition) is 1. The van der Waals surface area contributed by atoms with Crippen LogP contribution in [0.2, 0.25) is 0 Å². The van der Waals surface area contributed by atoms with Gasteiger partial charge >= 0.3 is 0 Å². The smallest absolute Gasteiger partial charge is 0.00721 e. The van der Waals surface area contributed by atoms with E-state index in [1.807, 2.05) is 11.8 Å². The summed E-state index contributed by atoms with van der Waals surface area (Å²) in [5, 5.41) is 3.44. The highest BCUT2D eigenvalue weighted by molar-refractivity contribution is 7.99. The van der Waals surface area contributed by atoms with Gasteiger partial charge in [-0.1, -0.05) is 32.9 Å². The third-order valence-electron chi connectivity index (χ3n) is 2.99. The molecule has 0 aliphatic carbocycles. The van der Waals surface area contributed by atoms with Crippen LogP contribution in [0.25, 0.3) is 0 Å². The van der Waals surface area contributed by atoms with Crippen LogP contribution in [-0.4, -0.2) is 18.8 Å². The first-order valence-electron chi connectivity index (χ1n) is 7.17. The first kappa shape index (κ1) is 15.6. The highest BCUT2D eigenvalue weighted by Crippen LogP contribution is 2.22. The fourth-order valence-electron chi connectivity index (χ4n) is 1.79. The van der Waals surface area contributed by atoms with Crippen LogP contribution < -0.4 is 5.32 Å². The number of rotatable bonds is 9. The SMILES string of the molecule is CCCNCCCCSc1ccc(C(C)C)cc1. The van der Waals surface area contributed by atoms with Gasteiger partial charge < -0.3 is 5.32 Å². The molecule has 0 saturated carbocycles. The summed E-state index contributed by atoms with van der Waals surface area (Å²) in [6, 6.07) is 9.04. The maximum Gasteiger partial charge on any atom is 0.00721 e. The van der Waals surface area contributed by atoms with Crippen LogP contribution in [0.3, 0.4) is 0 Å². The second-order valence-corrected chi connectivity index (χ2v) is 6.20. The van der Waals surface area contributed by atoms with Crippen LogP contribution in [0.4, 0.5) is 0 Å². The molecule has 0 unspecified atom stereocenters. The van der Waals surface area contributed by atoms with Crippen LogP contribution in [0.15, 0.2) is 29.2 Å². The van der Waals surface area contributed by atoms with E-state index in [0.29, 0.717) is 5.92 Å². The van der Waals surface area contributed by atoms with Gasteiger partial charge in [-0.15, -0.1) is 11.8 Å². The Morgan fingerprint density at radius 3 is 2.39 bits per heavy atom. The highest BCUT2D eigenvalue weighted by atomic mass is 32.2. The van der Waals surface area contributed by atoms with Gasteiger partial charge in [-0.2, -0.15) is 0 Å². The minimum atomic E-state index is 0.633. The van der Waals surface area contributed by atoms with Gasteiger partial charge in [0.05, 0.1) is 0 Å². The third-order valence-corrected chi connectivity index (χ3v) is 4.09. The van der Waals surface area contributed by atoms with Gasteiger partial charge in [0.25, 0.3) is 0 Å². The van der Waals surface area contributed by atoms with Gasteiger partial charge in [-0.3, -0.25) is 0 Å². The van der Waals surface area contributed by atoms with Crippen LogP contribution in [-0.2, 0) is 0 Å². The fourth-order valence-corrected chi connectivity index (χ4v) is 2.71. The molecule has 0 heterocycles. The Kier molecular flexibility index (Phi) is 8.19. The Balaban J connectivity index is 2.12. The first-order valence-corrected chi connectivity index (χ1v) is 8.16. The van der Waals surface area contributed by atoms with Crippen molar-refractivity contribution in [3.63, 3.8) is 0 Å². The molecular formula is C16H27NS. The van der Waals surface area contributed by atoms with Gasteiger partial charge in [0.1, 0.15) is 0 Å². The fraction of sp³-hybridized carbons (Fsp3) is 0.625. The molecule has 0 fully saturated rings. The van der Waals surface area contributed by atoms with Crippen molar-refractivity contribution in [3.8, 4) is 0 Å². The van der Waals surface area contributed by atoms with Gasteiger partial charge in [0.2, 0.25) is 0 Å². The third kappa shape index (κ3) is 6.46. The molecule has 0 bridgehead atoms. The number of benzene rings is 1. The maximum absolute atomic E-state index is 3.44. The predicted octanol–water partition coefficient (Wildman–Crippen LogP) is 4.68. The molecule has 0 atom stereocenters. The van der Waals surface area contributed by atoms with E-state index in [1.165, 1.54) is 42.0 Å². The molecule has 1 N–H and O–H groups in total. The van der Waals surface area contributed by atoms with Crippen molar-refractivity contribution in [2.75, 3.05) is 18.8 Å². The van der Waals surface area contributed by atoms with Crippen LogP contribution >= 0.6 is 11.8 Å². The lowest BCUT2D eigenvalue weighted by atomic mass is 10.0. The minimum Gasteiger partial charge on any atom is -0.317 e. The number of nitrogens with one attached hydrogen (secondary N) is 1. The molecule has 0 radical (unpaired) electrons. The summed E-state index contributed by atoms with van der Waals surface area (Å²) in [6.45, 7) is 9.02. The summed E-state index contributed by atoms with van der Waals surface area (Å²) in [5.41, 5.74) is 1.43. The molecule has 0 spiro atoms. The van der Waals surface area contributed by atoms with E-state index >= 15 is 0 Å². The van der Waals surface area contributed by atoms with Gasteiger partial charge in [-0.05, 0) is 61.7 Å². The van der Waals surface area contributed by atoms with E-state index in [0.717, 1.165) is 6.54 Å². The van der Waals surface area contributed by atoms with Crippen molar-refractivity contribution in [2.45, 2.75) is 50.8 Å². The summed E-state index contributed by atoms with van der Waals surface area (Å²) < 4.78 is 0. The molecule has 1 aromatic rings. The second kappa shape index (κ2) is 9.46. The predicted molar refractivity (Wildman–Crippen MR) is 83.6 cm³/mol. The zero-order valence-electron chi connectivity index (χ0n) is 12.0. The molecule has 102 valence electrons. The summed E-state index contributed by atoms with van der Waals surface area (Å²) in [6.07, 6.45) is 3.82. The van der Waals surface area contributed by atoms with Crippen molar-refractivity contribution < 1.29 is 0 Å². The molecule has 0 aromatic heterocycles. The van der Waals surface area contributed by atoms with Crippen molar-refractivity contribution in [3.05, 3.63) is 29.8 Å². The lowest BCUT2D eigenvalue weighted by Crippen LogP contribution is -2.15. The van der Waals surface area contributed by atoms with Gasteiger partial charge in [0.15, 0.2) is 0 Å². The number of unbranched alkanes of at least 4 members (excludes halogenated alkanes) is 1. The molecule has 0 aliphatic heterocycles. The molecular weight excluding hydrogens is 238 g/mol. The molecule has 1 aromatic carbocycles. The average molecular weight is 265 g/mol. The maximum atomic E-state index is 3.44. The molecule has 2 heteroatoms. The lowest BCUT2D eigenvalue weighted by Gasteiger charge is -2.07. The van der Waals surface area contributed by atoms with Crippen molar-refractivity contribution in [1.82, 2.24) is 5.32 Å². The van der Waals surface area contributed by atoms with Crippen molar-refractivity contribution >= 4 is 11.8 Å². The Morgan fingerprint density at radius 2 is 1.78 bits per heavy atom. The van der Waals surface area contributed by atoms with E-state index in [-0.39, 0.29) is 0 Å². The Hall–Kier alpha value is -0.470. The Morgan fingerprint density at radius 1 is 1.06 bits per heavy atom. The molecule has 18 heavy (non-hydrogen) atoms. The van der Waals surface area contributed by atoms with Crippen LogP contribution in [0, 0.1) is 0 Å². The van der Waals surface area contributed by atoms with Crippen molar-refractivity contribution in [2.24, 2.45) is 0 Å². The van der Waals surface area contributed by atoms with E-state index in [4.69, 9.17) is 0 Å².